The molecule has 2 nitrogen and oxygen atoms in total. The van der Waals surface area contributed by atoms with Crippen molar-refractivity contribution in [3.8, 4) is 0 Å². The second kappa shape index (κ2) is 7.49. The molecule has 3 atom stereocenters. The van der Waals surface area contributed by atoms with Crippen molar-refractivity contribution < 1.29 is 0 Å². The molecular formula is C16H32N2. The van der Waals surface area contributed by atoms with Crippen molar-refractivity contribution in [2.45, 2.75) is 70.8 Å². The van der Waals surface area contributed by atoms with Gasteiger partial charge in [-0.3, -0.25) is 0 Å². The van der Waals surface area contributed by atoms with E-state index in [0.717, 1.165) is 11.8 Å². The second-order valence-corrected chi connectivity index (χ2v) is 6.62. The maximum absolute atomic E-state index is 6.28. The molecule has 1 saturated carbocycles. The fourth-order valence-electron chi connectivity index (χ4n) is 3.84. The molecule has 0 spiro atoms. The van der Waals surface area contributed by atoms with E-state index in [4.69, 9.17) is 5.73 Å². The van der Waals surface area contributed by atoms with Gasteiger partial charge in [-0.25, -0.2) is 0 Å². The SMILES string of the molecule is CCCCC1CCCN(CC2CCCCC2N)C1. The summed E-state index contributed by atoms with van der Waals surface area (Å²) < 4.78 is 0. The van der Waals surface area contributed by atoms with Gasteiger partial charge in [0.2, 0.25) is 0 Å². The Morgan fingerprint density at radius 1 is 1.11 bits per heavy atom. The van der Waals surface area contributed by atoms with Crippen molar-refractivity contribution in [3.05, 3.63) is 0 Å². The summed E-state index contributed by atoms with van der Waals surface area (Å²) >= 11 is 0. The molecule has 1 aliphatic carbocycles. The van der Waals surface area contributed by atoms with Crippen LogP contribution in [0.1, 0.15) is 64.7 Å². The van der Waals surface area contributed by atoms with E-state index in [1.807, 2.05) is 0 Å². The number of hydrogen-bond donors (Lipinski definition) is 1. The van der Waals surface area contributed by atoms with Gasteiger partial charge in [0.25, 0.3) is 0 Å². The molecule has 1 saturated heterocycles. The molecule has 1 aliphatic heterocycles. The minimum atomic E-state index is 0.481. The van der Waals surface area contributed by atoms with Crippen molar-refractivity contribution in [2.75, 3.05) is 19.6 Å². The van der Waals surface area contributed by atoms with Crippen LogP contribution < -0.4 is 5.73 Å². The Morgan fingerprint density at radius 2 is 1.94 bits per heavy atom. The zero-order valence-electron chi connectivity index (χ0n) is 12.2. The summed E-state index contributed by atoms with van der Waals surface area (Å²) in [5, 5.41) is 0. The largest absolute Gasteiger partial charge is 0.327 e. The number of hydrogen-bond acceptors (Lipinski definition) is 2. The standard InChI is InChI=1S/C16H32N2/c1-2-3-7-14-8-6-11-18(12-14)13-15-9-4-5-10-16(15)17/h14-16H,2-13,17H2,1H3. The third-order valence-corrected chi connectivity index (χ3v) is 5.03. The summed E-state index contributed by atoms with van der Waals surface area (Å²) in [6.45, 7) is 6.26. The Kier molecular flexibility index (Phi) is 5.97. The van der Waals surface area contributed by atoms with Crippen molar-refractivity contribution in [2.24, 2.45) is 17.6 Å². The topological polar surface area (TPSA) is 29.3 Å². The summed E-state index contributed by atoms with van der Waals surface area (Å²) in [5.74, 6) is 1.75. The van der Waals surface area contributed by atoms with Crippen LogP contribution in [0.5, 0.6) is 0 Å². The van der Waals surface area contributed by atoms with E-state index in [1.54, 1.807) is 0 Å². The van der Waals surface area contributed by atoms with E-state index in [2.05, 4.69) is 11.8 Å². The van der Waals surface area contributed by atoms with Gasteiger partial charge >= 0.3 is 0 Å². The molecule has 1 heterocycles. The maximum Gasteiger partial charge on any atom is 0.00793 e. The lowest BCUT2D eigenvalue weighted by atomic mass is 9.84. The molecule has 2 fully saturated rings. The predicted molar refractivity (Wildman–Crippen MR) is 78.6 cm³/mol. The van der Waals surface area contributed by atoms with Gasteiger partial charge in [0.1, 0.15) is 0 Å². The molecule has 2 aliphatic rings. The van der Waals surface area contributed by atoms with Crippen molar-refractivity contribution in [1.82, 2.24) is 4.90 Å². The fraction of sp³-hybridized carbons (Fsp3) is 1.00. The Labute approximate surface area is 113 Å². The molecule has 0 amide bonds. The third kappa shape index (κ3) is 4.24. The van der Waals surface area contributed by atoms with Gasteiger partial charge in [0, 0.05) is 19.1 Å². The summed E-state index contributed by atoms with van der Waals surface area (Å²) in [5.41, 5.74) is 6.28. The van der Waals surface area contributed by atoms with Crippen LogP contribution in [0, 0.1) is 11.8 Å². The minimum Gasteiger partial charge on any atom is -0.327 e. The molecule has 0 aromatic carbocycles. The van der Waals surface area contributed by atoms with Crippen LogP contribution >= 0.6 is 0 Å². The van der Waals surface area contributed by atoms with E-state index in [0.29, 0.717) is 6.04 Å². The highest BCUT2D eigenvalue weighted by atomic mass is 15.1. The average molecular weight is 252 g/mol. The molecular weight excluding hydrogens is 220 g/mol. The molecule has 2 rings (SSSR count). The summed E-state index contributed by atoms with van der Waals surface area (Å²) in [6.07, 6.45) is 12.5. The number of rotatable bonds is 5. The number of nitrogens with two attached hydrogens (primary N) is 1. The lowest BCUT2D eigenvalue weighted by Crippen LogP contribution is -2.44. The summed E-state index contributed by atoms with van der Waals surface area (Å²) in [6, 6.07) is 0.481. The van der Waals surface area contributed by atoms with E-state index in [9.17, 15) is 0 Å². The maximum atomic E-state index is 6.28. The van der Waals surface area contributed by atoms with Crippen LogP contribution in [0.4, 0.5) is 0 Å². The highest BCUT2D eigenvalue weighted by Gasteiger charge is 2.26. The van der Waals surface area contributed by atoms with Gasteiger partial charge in [-0.15, -0.1) is 0 Å². The lowest BCUT2D eigenvalue weighted by Gasteiger charge is -2.38. The van der Waals surface area contributed by atoms with Crippen molar-refractivity contribution in [1.29, 1.82) is 0 Å². The predicted octanol–water partition coefficient (Wildman–Crippen LogP) is 3.41. The fourth-order valence-corrected chi connectivity index (χ4v) is 3.84. The first-order chi connectivity index (χ1) is 8.79. The van der Waals surface area contributed by atoms with Crippen LogP contribution in [-0.2, 0) is 0 Å². The number of nitrogens with zero attached hydrogens (tertiary/aromatic N) is 1. The quantitative estimate of drug-likeness (QED) is 0.812. The average Bonchev–Trinajstić information content (AvgIpc) is 2.40. The zero-order valence-corrected chi connectivity index (χ0v) is 12.2. The van der Waals surface area contributed by atoms with Crippen LogP contribution in [0.25, 0.3) is 0 Å². The highest BCUT2D eigenvalue weighted by Crippen LogP contribution is 2.27. The Bertz CT molecular complexity index is 229. The molecule has 18 heavy (non-hydrogen) atoms. The van der Waals surface area contributed by atoms with E-state index < -0.39 is 0 Å². The lowest BCUT2D eigenvalue weighted by molar-refractivity contribution is 0.125. The van der Waals surface area contributed by atoms with Gasteiger partial charge in [-0.05, 0) is 50.5 Å². The molecule has 106 valence electrons. The Hall–Kier alpha value is -0.0800. The first kappa shape index (κ1) is 14.3. The normalized spacial score (nSPS) is 34.7. The molecule has 3 unspecified atom stereocenters. The van der Waals surface area contributed by atoms with Gasteiger partial charge in [-0.1, -0.05) is 32.6 Å². The van der Waals surface area contributed by atoms with Gasteiger partial charge in [-0.2, -0.15) is 0 Å². The smallest absolute Gasteiger partial charge is 0.00793 e. The van der Waals surface area contributed by atoms with E-state index in [-0.39, 0.29) is 0 Å². The first-order valence-electron chi connectivity index (χ1n) is 8.27. The molecule has 0 bridgehead atoms. The minimum absolute atomic E-state index is 0.481. The molecule has 2 heteroatoms. The Balaban J connectivity index is 1.74. The molecule has 0 aromatic rings. The molecule has 2 N–H and O–H groups in total. The number of unbranched alkanes of at least 4 members (excludes halogenated alkanes) is 1. The number of likely N-dealkylation sites (tertiary alicyclic amines) is 1. The van der Waals surface area contributed by atoms with Crippen molar-refractivity contribution >= 4 is 0 Å². The highest BCUT2D eigenvalue weighted by molar-refractivity contribution is 4.82. The van der Waals surface area contributed by atoms with Gasteiger partial charge in [0.05, 0.1) is 0 Å². The number of piperidine rings is 1. The van der Waals surface area contributed by atoms with Crippen molar-refractivity contribution in [3.63, 3.8) is 0 Å². The van der Waals surface area contributed by atoms with E-state index in [1.165, 1.54) is 77.4 Å². The van der Waals surface area contributed by atoms with Crippen LogP contribution in [0.3, 0.4) is 0 Å². The van der Waals surface area contributed by atoms with Crippen LogP contribution in [0.2, 0.25) is 0 Å². The molecule has 0 radical (unpaired) electrons. The van der Waals surface area contributed by atoms with Gasteiger partial charge in [0.15, 0.2) is 0 Å². The summed E-state index contributed by atoms with van der Waals surface area (Å²) in [4.78, 5) is 2.72. The second-order valence-electron chi connectivity index (χ2n) is 6.62. The van der Waals surface area contributed by atoms with Crippen LogP contribution in [0.15, 0.2) is 0 Å². The third-order valence-electron chi connectivity index (χ3n) is 5.03. The van der Waals surface area contributed by atoms with Gasteiger partial charge < -0.3 is 10.6 Å². The summed E-state index contributed by atoms with van der Waals surface area (Å²) in [7, 11) is 0. The van der Waals surface area contributed by atoms with Crippen LogP contribution in [-0.4, -0.2) is 30.6 Å². The monoisotopic (exact) mass is 252 g/mol. The van der Waals surface area contributed by atoms with E-state index >= 15 is 0 Å². The zero-order chi connectivity index (χ0) is 12.8. The molecule has 0 aromatic heterocycles. The first-order valence-corrected chi connectivity index (χ1v) is 8.27. The Morgan fingerprint density at radius 3 is 2.72 bits per heavy atom.